The summed E-state index contributed by atoms with van der Waals surface area (Å²) in [6.45, 7) is 13.5. The molecule has 2 aliphatic heterocycles. The third-order valence-electron chi connectivity index (χ3n) is 9.74. The van der Waals surface area contributed by atoms with Crippen LogP contribution in [0.3, 0.4) is 0 Å². The van der Waals surface area contributed by atoms with E-state index in [0.717, 1.165) is 25.9 Å². The monoisotopic (exact) mass is 1010 g/mol. The number of benzene rings is 2. The normalized spacial score (nSPS) is 14.1. The molecule has 0 saturated carbocycles. The van der Waals surface area contributed by atoms with Gasteiger partial charge in [0.1, 0.15) is 22.6 Å². The van der Waals surface area contributed by atoms with Crippen molar-refractivity contribution in [2.75, 3.05) is 26.2 Å². The molecule has 21 heteroatoms. The molecular formula is C46H62Cl4N8O9. The van der Waals surface area contributed by atoms with E-state index in [-0.39, 0.29) is 118 Å². The van der Waals surface area contributed by atoms with E-state index in [1.165, 1.54) is 12.4 Å². The van der Waals surface area contributed by atoms with Crippen LogP contribution in [0.1, 0.15) is 135 Å². The average molecular weight is 1010 g/mol. The first-order valence-corrected chi connectivity index (χ1v) is 22.2. The van der Waals surface area contributed by atoms with Crippen LogP contribution in [0.25, 0.3) is 0 Å². The Hall–Kier alpha value is -5.20. The molecule has 67 heavy (non-hydrogen) atoms. The van der Waals surface area contributed by atoms with Crippen molar-refractivity contribution in [3.63, 3.8) is 0 Å². The molecule has 2 aromatic heterocycles. The topological polar surface area (TPSA) is 243 Å². The van der Waals surface area contributed by atoms with Crippen molar-refractivity contribution >= 4 is 82.0 Å². The minimum atomic E-state index is -1.18. The zero-order valence-electron chi connectivity index (χ0n) is 36.9. The molecule has 0 bridgehead atoms. The summed E-state index contributed by atoms with van der Waals surface area (Å²) < 4.78 is 10.7. The molecule has 0 spiro atoms. The minimum Gasteiger partial charge on any atom is -0.477 e. The number of hydrogen-bond donors (Lipinski definition) is 5. The van der Waals surface area contributed by atoms with Crippen LogP contribution in [0.4, 0.5) is 9.59 Å². The molecule has 0 atom stereocenters. The third kappa shape index (κ3) is 17.8. The zero-order valence-corrected chi connectivity index (χ0v) is 40.0. The van der Waals surface area contributed by atoms with Gasteiger partial charge in [-0.1, -0.05) is 73.4 Å². The van der Waals surface area contributed by atoms with Crippen LogP contribution in [0.5, 0.6) is 0 Å². The van der Waals surface area contributed by atoms with Gasteiger partial charge in [-0.3, -0.25) is 24.6 Å². The Morgan fingerprint density at radius 3 is 1.40 bits per heavy atom. The number of nitrogens with zero attached hydrogens (tertiary/aromatic N) is 4. The number of amides is 3. The number of carbonyl (C=O) groups is 6. The Labute approximate surface area is 411 Å². The summed E-state index contributed by atoms with van der Waals surface area (Å²) in [5.74, 6) is -2.20. The summed E-state index contributed by atoms with van der Waals surface area (Å²) in [7, 11) is 0. The Morgan fingerprint density at radius 1 is 0.672 bits per heavy atom. The first-order chi connectivity index (χ1) is 30.4. The van der Waals surface area contributed by atoms with Crippen LogP contribution < -0.4 is 11.1 Å². The molecule has 2 saturated heterocycles. The second-order valence-corrected chi connectivity index (χ2v) is 18.9. The van der Waals surface area contributed by atoms with E-state index in [9.17, 15) is 28.8 Å². The van der Waals surface area contributed by atoms with E-state index in [2.05, 4.69) is 25.7 Å². The van der Waals surface area contributed by atoms with Gasteiger partial charge in [-0.25, -0.2) is 14.4 Å². The number of aromatic carboxylic acids is 1. The number of H-pyrrole nitrogens is 2. The molecule has 2 aromatic carbocycles. The van der Waals surface area contributed by atoms with Gasteiger partial charge in [0.05, 0.1) is 43.6 Å². The van der Waals surface area contributed by atoms with Crippen molar-refractivity contribution in [3.8, 4) is 0 Å². The molecule has 6 rings (SSSR count). The van der Waals surface area contributed by atoms with Crippen LogP contribution >= 0.6 is 46.4 Å². The van der Waals surface area contributed by atoms with Crippen molar-refractivity contribution in [1.29, 1.82) is 0 Å². The van der Waals surface area contributed by atoms with E-state index in [1.807, 2.05) is 41.5 Å². The molecule has 4 aromatic rings. The van der Waals surface area contributed by atoms with Crippen LogP contribution in [0.2, 0.25) is 20.1 Å². The largest absolute Gasteiger partial charge is 0.477 e. The molecule has 368 valence electrons. The predicted molar refractivity (Wildman–Crippen MR) is 260 cm³/mol. The number of rotatable bonds is 9. The van der Waals surface area contributed by atoms with E-state index in [4.69, 9.17) is 66.7 Å². The van der Waals surface area contributed by atoms with E-state index in [1.54, 1.807) is 46.2 Å². The number of nitrogens with two attached hydrogens (primary N) is 1. The first-order valence-electron chi connectivity index (χ1n) is 20.7. The number of aromatic amines is 2. The maximum Gasteiger partial charge on any atom is 0.410 e. The number of carboxylic acid groups (broad SMARTS) is 1. The number of carboxylic acids is 1. The van der Waals surface area contributed by atoms with E-state index >= 15 is 0 Å². The van der Waals surface area contributed by atoms with Crippen molar-refractivity contribution in [2.24, 2.45) is 5.73 Å². The summed E-state index contributed by atoms with van der Waals surface area (Å²) >= 11 is 24.1. The molecule has 3 amide bonds. The van der Waals surface area contributed by atoms with Gasteiger partial charge in [0.2, 0.25) is 0 Å². The number of Topliss-reactive ketones (excluding diaryl/α,β-unsaturated/α-hetero) is 2. The highest BCUT2D eigenvalue weighted by molar-refractivity contribution is 6.40. The SMILES string of the molecule is C.C.CC(C)(C)OC(=O)N1CCC(N)CC1.CC(C)(C)OC(=O)N1CCC(NC(=O)c2[nH]ncc2CC(=O)c2c(Cl)cccc2Cl)CC1.O=C(O)c1[nH]ncc1CC(=O)c1c(Cl)cccc1Cl. The summed E-state index contributed by atoms with van der Waals surface area (Å²) in [4.78, 5) is 75.7. The van der Waals surface area contributed by atoms with Crippen LogP contribution in [0, 0.1) is 0 Å². The number of nitrogens with one attached hydrogen (secondary N) is 3. The Bertz CT molecular complexity index is 2280. The lowest BCUT2D eigenvalue weighted by atomic mass is 10.0. The number of carbonyl (C=O) groups excluding carboxylic acids is 5. The van der Waals surface area contributed by atoms with Crippen molar-refractivity contribution in [2.45, 2.75) is 118 Å². The highest BCUT2D eigenvalue weighted by Crippen LogP contribution is 2.28. The Balaban J connectivity index is 0.000000375. The van der Waals surface area contributed by atoms with Crippen LogP contribution in [-0.4, -0.2) is 120 Å². The number of aromatic nitrogens is 4. The fraction of sp³-hybridized carbons (Fsp3) is 0.478. The highest BCUT2D eigenvalue weighted by atomic mass is 35.5. The number of ether oxygens (including phenoxy) is 2. The third-order valence-corrected chi connectivity index (χ3v) is 11.0. The van der Waals surface area contributed by atoms with Gasteiger partial charge in [0, 0.05) is 62.2 Å². The lowest BCUT2D eigenvalue weighted by Crippen LogP contribution is -2.48. The second kappa shape index (κ2) is 25.8. The fourth-order valence-electron chi connectivity index (χ4n) is 6.52. The van der Waals surface area contributed by atoms with Gasteiger partial charge in [0.15, 0.2) is 11.6 Å². The molecule has 17 nitrogen and oxygen atoms in total. The summed E-state index contributed by atoms with van der Waals surface area (Å²) in [6.07, 6.45) is 4.92. The molecule has 6 N–H and O–H groups in total. The predicted octanol–water partition coefficient (Wildman–Crippen LogP) is 9.73. The molecule has 0 aliphatic carbocycles. The molecule has 0 radical (unpaired) electrons. The van der Waals surface area contributed by atoms with Gasteiger partial charge in [-0.2, -0.15) is 10.2 Å². The van der Waals surface area contributed by atoms with Crippen molar-refractivity contribution < 1.29 is 43.3 Å². The van der Waals surface area contributed by atoms with Crippen LogP contribution in [0.15, 0.2) is 48.8 Å². The van der Waals surface area contributed by atoms with Gasteiger partial charge in [0.25, 0.3) is 5.91 Å². The van der Waals surface area contributed by atoms with Gasteiger partial charge in [-0.15, -0.1) is 0 Å². The smallest absolute Gasteiger partial charge is 0.410 e. The molecule has 4 heterocycles. The van der Waals surface area contributed by atoms with Gasteiger partial charge < -0.3 is 35.4 Å². The summed E-state index contributed by atoms with van der Waals surface area (Å²) in [6, 6.07) is 9.71. The number of piperidine rings is 2. The lowest BCUT2D eigenvalue weighted by molar-refractivity contribution is 0.0191. The zero-order chi connectivity index (χ0) is 48.2. The maximum atomic E-state index is 12.8. The average Bonchev–Trinajstić information content (AvgIpc) is 3.87. The summed E-state index contributed by atoms with van der Waals surface area (Å²) in [5.41, 5.74) is 6.04. The second-order valence-electron chi connectivity index (χ2n) is 17.3. The highest BCUT2D eigenvalue weighted by Gasteiger charge is 2.30. The van der Waals surface area contributed by atoms with E-state index in [0.29, 0.717) is 31.5 Å². The molecule has 2 fully saturated rings. The van der Waals surface area contributed by atoms with Gasteiger partial charge >= 0.3 is 18.2 Å². The van der Waals surface area contributed by atoms with Crippen LogP contribution in [-0.2, 0) is 22.3 Å². The van der Waals surface area contributed by atoms with Crippen molar-refractivity contribution in [3.05, 3.63) is 103 Å². The first kappa shape index (κ1) is 57.9. The number of halogens is 4. The number of ketones is 2. The van der Waals surface area contributed by atoms with Gasteiger partial charge in [-0.05, 0) is 91.5 Å². The molecule has 0 unspecified atom stereocenters. The summed E-state index contributed by atoms with van der Waals surface area (Å²) in [5, 5.41) is 25.4. The minimum absolute atomic E-state index is 0. The number of hydrogen-bond acceptors (Lipinski definition) is 11. The van der Waals surface area contributed by atoms with E-state index < -0.39 is 17.2 Å². The molecular weight excluding hydrogens is 950 g/mol. The quantitative estimate of drug-likeness (QED) is 0.0984. The fourth-order valence-corrected chi connectivity index (χ4v) is 7.74. The standard InChI is InChI=1S/C22H26Cl2N4O4.C12H8Cl2N2O3.C10H20N2O2.2CH4/c1-22(2,3)32-21(31)28-9-7-14(8-10-28)26-20(30)19-13(12-25-27-19)11-17(29)18-15(23)5-4-6-16(18)24;13-7-2-1-3-8(14)10(7)9(17)4-6-5-15-16-11(6)12(18)19;1-10(2,3)14-9(13)12-6-4-8(11)5-7-12;;/h4-6,12,14H,7-11H2,1-3H3,(H,25,27)(H,26,30);1-3,5H,4H2,(H,15,16)(H,18,19);8H,4-7,11H2,1-3H3;2*1H4. The number of likely N-dealkylation sites (tertiary alicyclic amines) is 2. The Kier molecular flexibility index (Phi) is 22.3. The lowest BCUT2D eigenvalue weighted by Gasteiger charge is -2.33. The van der Waals surface area contributed by atoms with Crippen molar-refractivity contribution in [1.82, 2.24) is 35.5 Å². The molecule has 2 aliphatic rings. The maximum absolute atomic E-state index is 12.8. The Morgan fingerprint density at radius 2 is 1.03 bits per heavy atom.